The fourth-order valence-corrected chi connectivity index (χ4v) is 3.70. The summed E-state index contributed by atoms with van der Waals surface area (Å²) in [5.41, 5.74) is 1.85. The van der Waals surface area contributed by atoms with Crippen molar-refractivity contribution in [1.29, 1.82) is 0 Å². The van der Waals surface area contributed by atoms with E-state index in [2.05, 4.69) is 0 Å². The van der Waals surface area contributed by atoms with Gasteiger partial charge < -0.3 is 28.4 Å². The Labute approximate surface area is 152 Å². The first-order chi connectivity index (χ1) is 12.8. The molecule has 1 aromatic rings. The lowest BCUT2D eigenvalue weighted by atomic mass is 10.1. The van der Waals surface area contributed by atoms with Gasteiger partial charge >= 0.3 is 0 Å². The minimum Gasteiger partial charge on any atom is -0.468 e. The first-order valence-corrected chi connectivity index (χ1v) is 9.10. The molecule has 0 N–H and O–H groups in total. The zero-order chi connectivity index (χ0) is 17.5. The molecule has 138 valence electrons. The van der Waals surface area contributed by atoms with Crippen molar-refractivity contribution >= 4 is 0 Å². The molecule has 4 unspecified atom stereocenters. The van der Waals surface area contributed by atoms with Gasteiger partial charge in [0.1, 0.15) is 13.2 Å². The van der Waals surface area contributed by atoms with E-state index in [1.54, 1.807) is 12.5 Å². The van der Waals surface area contributed by atoms with Gasteiger partial charge in [0.2, 0.25) is 11.6 Å². The second-order valence-electron chi connectivity index (χ2n) is 7.07. The molecule has 0 aromatic heterocycles. The molecule has 0 amide bonds. The number of hydrogen-bond donors (Lipinski definition) is 0. The molecule has 4 aliphatic rings. The Morgan fingerprint density at radius 2 is 1.31 bits per heavy atom. The van der Waals surface area contributed by atoms with Crippen molar-refractivity contribution in [1.82, 2.24) is 0 Å². The maximum Gasteiger partial charge on any atom is 0.236 e. The highest BCUT2D eigenvalue weighted by atomic mass is 16.8. The standard InChI is InChI=1S/C20H22O6/c1-3-10-23-19(8-1)13-21-17(25-19)15-6-5-7-16(12-15)18-22-14-20(26-18)9-2-4-11-24-20/h3-7,10-12,17-18H,1-2,8-9,13-14H2. The third kappa shape index (κ3) is 2.93. The van der Waals surface area contributed by atoms with Gasteiger partial charge in [-0.25, -0.2) is 0 Å². The molecule has 26 heavy (non-hydrogen) atoms. The Bertz CT molecular complexity index is 674. The minimum atomic E-state index is -0.665. The van der Waals surface area contributed by atoms with Gasteiger partial charge in [0, 0.05) is 24.0 Å². The fourth-order valence-electron chi connectivity index (χ4n) is 3.70. The first-order valence-electron chi connectivity index (χ1n) is 9.10. The number of benzene rings is 1. The third-order valence-corrected chi connectivity index (χ3v) is 5.15. The summed E-state index contributed by atoms with van der Waals surface area (Å²) in [6.45, 7) is 0.845. The Balaban J connectivity index is 1.31. The van der Waals surface area contributed by atoms with E-state index in [0.717, 1.165) is 36.8 Å². The summed E-state index contributed by atoms with van der Waals surface area (Å²) < 4.78 is 35.3. The van der Waals surface area contributed by atoms with E-state index in [1.165, 1.54) is 0 Å². The predicted octanol–water partition coefficient (Wildman–Crippen LogP) is 3.82. The summed E-state index contributed by atoms with van der Waals surface area (Å²) in [7, 11) is 0. The smallest absolute Gasteiger partial charge is 0.236 e. The molecule has 6 heteroatoms. The summed E-state index contributed by atoms with van der Waals surface area (Å²) in [5.74, 6) is -1.33. The molecule has 2 spiro atoms. The molecule has 5 rings (SSSR count). The Hall–Kier alpha value is -1.86. The van der Waals surface area contributed by atoms with Crippen LogP contribution < -0.4 is 0 Å². The van der Waals surface area contributed by atoms with Crippen LogP contribution in [0.2, 0.25) is 0 Å². The summed E-state index contributed by atoms with van der Waals surface area (Å²) in [6, 6.07) is 7.93. The van der Waals surface area contributed by atoms with Crippen LogP contribution in [0.25, 0.3) is 0 Å². The van der Waals surface area contributed by atoms with Crippen molar-refractivity contribution < 1.29 is 28.4 Å². The van der Waals surface area contributed by atoms with Gasteiger partial charge in [0.05, 0.1) is 12.5 Å². The van der Waals surface area contributed by atoms with Crippen molar-refractivity contribution in [3.05, 3.63) is 60.1 Å². The van der Waals surface area contributed by atoms with Crippen molar-refractivity contribution in [2.45, 2.75) is 49.8 Å². The predicted molar refractivity (Wildman–Crippen MR) is 90.4 cm³/mol. The lowest BCUT2D eigenvalue weighted by molar-refractivity contribution is -0.207. The molecule has 6 nitrogen and oxygen atoms in total. The maximum absolute atomic E-state index is 6.09. The number of ether oxygens (including phenoxy) is 6. The van der Waals surface area contributed by atoms with Crippen molar-refractivity contribution in [2.75, 3.05) is 13.2 Å². The Morgan fingerprint density at radius 3 is 1.77 bits per heavy atom. The molecule has 1 aromatic carbocycles. The lowest BCUT2D eigenvalue weighted by Gasteiger charge is -2.29. The number of rotatable bonds is 2. The van der Waals surface area contributed by atoms with Crippen LogP contribution in [0.4, 0.5) is 0 Å². The molecule has 0 aliphatic carbocycles. The summed E-state index contributed by atoms with van der Waals surface area (Å²) in [5, 5.41) is 0. The molecule has 2 saturated heterocycles. The van der Waals surface area contributed by atoms with Crippen LogP contribution in [0.3, 0.4) is 0 Å². The fraction of sp³-hybridized carbons (Fsp3) is 0.500. The molecule has 4 heterocycles. The van der Waals surface area contributed by atoms with Crippen molar-refractivity contribution in [2.24, 2.45) is 0 Å². The van der Waals surface area contributed by atoms with Gasteiger partial charge in [-0.15, -0.1) is 0 Å². The highest BCUT2D eigenvalue weighted by Gasteiger charge is 2.46. The number of allylic oxidation sites excluding steroid dienone is 2. The third-order valence-electron chi connectivity index (χ3n) is 5.15. The van der Waals surface area contributed by atoms with Crippen LogP contribution in [0.15, 0.2) is 48.9 Å². The van der Waals surface area contributed by atoms with Gasteiger partial charge in [-0.3, -0.25) is 0 Å². The molecular formula is C20H22O6. The zero-order valence-corrected chi connectivity index (χ0v) is 14.5. The second kappa shape index (κ2) is 6.39. The van der Waals surface area contributed by atoms with Crippen LogP contribution >= 0.6 is 0 Å². The van der Waals surface area contributed by atoms with E-state index < -0.39 is 24.2 Å². The molecule has 2 fully saturated rings. The Morgan fingerprint density at radius 1 is 0.769 bits per heavy atom. The minimum absolute atomic E-state index is 0.423. The van der Waals surface area contributed by atoms with E-state index in [0.29, 0.717) is 13.2 Å². The average molecular weight is 358 g/mol. The highest BCUT2D eigenvalue weighted by Crippen LogP contribution is 2.42. The zero-order valence-electron chi connectivity index (χ0n) is 14.5. The van der Waals surface area contributed by atoms with E-state index in [4.69, 9.17) is 28.4 Å². The average Bonchev–Trinajstić information content (AvgIpc) is 3.28. The van der Waals surface area contributed by atoms with Gasteiger partial charge in [-0.2, -0.15) is 0 Å². The second-order valence-corrected chi connectivity index (χ2v) is 7.07. The Kier molecular flexibility index (Phi) is 4.01. The van der Waals surface area contributed by atoms with E-state index in [1.807, 2.05) is 36.4 Å². The van der Waals surface area contributed by atoms with E-state index >= 15 is 0 Å². The van der Waals surface area contributed by atoms with Crippen molar-refractivity contribution in [3.63, 3.8) is 0 Å². The largest absolute Gasteiger partial charge is 0.468 e. The molecule has 0 bridgehead atoms. The van der Waals surface area contributed by atoms with Gasteiger partial charge in [-0.05, 0) is 31.1 Å². The normalized spacial score (nSPS) is 38.6. The molecule has 4 atom stereocenters. The SMILES string of the molecule is C1=COC2(CC1)COC(c1cccc(C3OCC4(CCC=CO4)O3)c1)O2. The number of hydrogen-bond acceptors (Lipinski definition) is 6. The summed E-state index contributed by atoms with van der Waals surface area (Å²) in [6.07, 6.45) is 9.92. The van der Waals surface area contributed by atoms with Gasteiger partial charge in [0.15, 0.2) is 12.6 Å². The van der Waals surface area contributed by atoms with Crippen LogP contribution in [0.5, 0.6) is 0 Å². The first kappa shape index (κ1) is 16.3. The van der Waals surface area contributed by atoms with Gasteiger partial charge in [-0.1, -0.05) is 18.2 Å². The maximum atomic E-state index is 6.09. The van der Waals surface area contributed by atoms with Gasteiger partial charge in [0.25, 0.3) is 0 Å². The van der Waals surface area contributed by atoms with Crippen LogP contribution in [-0.4, -0.2) is 24.8 Å². The monoisotopic (exact) mass is 358 g/mol. The van der Waals surface area contributed by atoms with Crippen molar-refractivity contribution in [3.8, 4) is 0 Å². The van der Waals surface area contributed by atoms with Crippen LogP contribution in [0, 0.1) is 0 Å². The van der Waals surface area contributed by atoms with Crippen LogP contribution in [-0.2, 0) is 28.4 Å². The summed E-state index contributed by atoms with van der Waals surface area (Å²) >= 11 is 0. The summed E-state index contributed by atoms with van der Waals surface area (Å²) in [4.78, 5) is 0. The topological polar surface area (TPSA) is 55.4 Å². The molecule has 0 radical (unpaired) electrons. The molecular weight excluding hydrogens is 336 g/mol. The lowest BCUT2D eigenvalue weighted by Crippen LogP contribution is -2.35. The highest BCUT2D eigenvalue weighted by molar-refractivity contribution is 5.26. The quantitative estimate of drug-likeness (QED) is 0.801. The molecule has 0 saturated carbocycles. The van der Waals surface area contributed by atoms with Crippen LogP contribution in [0.1, 0.15) is 49.4 Å². The van der Waals surface area contributed by atoms with E-state index in [9.17, 15) is 0 Å². The van der Waals surface area contributed by atoms with E-state index in [-0.39, 0.29) is 0 Å². The molecule has 4 aliphatic heterocycles.